The summed E-state index contributed by atoms with van der Waals surface area (Å²) < 4.78 is 0. The van der Waals surface area contributed by atoms with Crippen molar-refractivity contribution in [3.05, 3.63) is 41.0 Å². The van der Waals surface area contributed by atoms with Crippen LogP contribution in [-0.4, -0.2) is 16.8 Å². The summed E-state index contributed by atoms with van der Waals surface area (Å²) in [6, 6.07) is 4.97. The van der Waals surface area contributed by atoms with E-state index in [-0.39, 0.29) is 0 Å². The van der Waals surface area contributed by atoms with Gasteiger partial charge in [-0.25, -0.2) is 4.99 Å². The third kappa shape index (κ3) is 1.13. The molecule has 2 heterocycles. The van der Waals surface area contributed by atoms with Gasteiger partial charge in [0.2, 0.25) is 0 Å². The van der Waals surface area contributed by atoms with Gasteiger partial charge in [-0.05, 0) is 37.5 Å². The quantitative estimate of drug-likeness (QED) is 0.618. The van der Waals surface area contributed by atoms with Crippen LogP contribution in [0.4, 0.5) is 5.69 Å². The molecule has 1 fully saturated rings. The van der Waals surface area contributed by atoms with Crippen LogP contribution in [0.2, 0.25) is 0 Å². The number of aliphatic imine (C=N–C) groups is 1. The summed E-state index contributed by atoms with van der Waals surface area (Å²) in [7, 11) is 0. The van der Waals surface area contributed by atoms with Gasteiger partial charge in [0.05, 0.1) is 5.69 Å². The number of aryl methyl sites for hydroxylation is 1. The molecule has 2 aliphatic heterocycles. The Hall–Kier alpha value is -1.57. The third-order valence-corrected chi connectivity index (χ3v) is 4.50. The number of fused-ring (bicyclic) bond motifs is 6. The molecular weight excluding hydrogens is 208 g/mol. The Bertz CT molecular complexity index is 569. The van der Waals surface area contributed by atoms with Crippen molar-refractivity contribution in [3.8, 4) is 0 Å². The van der Waals surface area contributed by atoms with Crippen LogP contribution in [0.25, 0.3) is 0 Å². The molecule has 2 atom stereocenters. The number of amidine groups is 1. The number of hydrogen-bond acceptors (Lipinski definition) is 2. The van der Waals surface area contributed by atoms with Crippen molar-refractivity contribution >= 4 is 11.5 Å². The van der Waals surface area contributed by atoms with Crippen LogP contribution >= 0.6 is 0 Å². The molecule has 0 amide bonds. The molecule has 0 saturated carbocycles. The van der Waals surface area contributed by atoms with Crippen LogP contribution in [0, 0.1) is 19.8 Å². The van der Waals surface area contributed by atoms with Gasteiger partial charge in [-0.3, -0.25) is 0 Å². The number of nitrogens with zero attached hydrogens (tertiary/aromatic N) is 2. The van der Waals surface area contributed by atoms with Gasteiger partial charge in [-0.15, -0.1) is 0 Å². The van der Waals surface area contributed by atoms with Crippen LogP contribution in [0.3, 0.4) is 0 Å². The van der Waals surface area contributed by atoms with Crippen LogP contribution in [0.1, 0.15) is 23.1 Å². The second-order valence-electron chi connectivity index (χ2n) is 5.40. The van der Waals surface area contributed by atoms with Gasteiger partial charge in [0, 0.05) is 24.1 Å². The SMILES string of the molecule is Cc1ccc2c(c1C)CN1C(=N2)C2C=CC1C2. The number of hydrogen-bond donors (Lipinski definition) is 0. The first-order valence-electron chi connectivity index (χ1n) is 6.36. The first-order chi connectivity index (χ1) is 8.24. The highest BCUT2D eigenvalue weighted by Crippen LogP contribution is 2.41. The van der Waals surface area contributed by atoms with Crippen molar-refractivity contribution in [2.24, 2.45) is 10.9 Å². The second kappa shape index (κ2) is 3.00. The molecule has 0 radical (unpaired) electrons. The van der Waals surface area contributed by atoms with E-state index in [4.69, 9.17) is 4.99 Å². The molecule has 0 aromatic heterocycles. The minimum Gasteiger partial charge on any atom is -0.349 e. The molecule has 1 aromatic rings. The minimum absolute atomic E-state index is 0.578. The maximum atomic E-state index is 4.88. The molecule has 2 bridgehead atoms. The lowest BCUT2D eigenvalue weighted by Gasteiger charge is -2.32. The fourth-order valence-electron chi connectivity index (χ4n) is 3.29. The van der Waals surface area contributed by atoms with Gasteiger partial charge in [0.1, 0.15) is 5.84 Å². The largest absolute Gasteiger partial charge is 0.349 e. The van der Waals surface area contributed by atoms with E-state index >= 15 is 0 Å². The lowest BCUT2D eigenvalue weighted by atomic mass is 9.99. The summed E-state index contributed by atoms with van der Waals surface area (Å²) in [5, 5.41) is 0. The van der Waals surface area contributed by atoms with Crippen molar-refractivity contribution in [2.75, 3.05) is 0 Å². The molecule has 86 valence electrons. The molecule has 3 aliphatic rings. The topological polar surface area (TPSA) is 15.6 Å². The monoisotopic (exact) mass is 224 g/mol. The zero-order chi connectivity index (χ0) is 11.6. The summed E-state index contributed by atoms with van der Waals surface area (Å²) in [6.07, 6.45) is 5.91. The van der Waals surface area contributed by atoms with Gasteiger partial charge in [0.15, 0.2) is 0 Å². The van der Waals surface area contributed by atoms with Crippen LogP contribution in [0.5, 0.6) is 0 Å². The van der Waals surface area contributed by atoms with E-state index in [1.807, 2.05) is 0 Å². The number of rotatable bonds is 0. The van der Waals surface area contributed by atoms with Crippen molar-refractivity contribution in [2.45, 2.75) is 32.9 Å². The molecule has 17 heavy (non-hydrogen) atoms. The van der Waals surface area contributed by atoms with Gasteiger partial charge in [0.25, 0.3) is 0 Å². The Morgan fingerprint density at radius 1 is 1.24 bits per heavy atom. The molecule has 4 rings (SSSR count). The Labute approximate surface area is 102 Å². The molecule has 2 unspecified atom stereocenters. The second-order valence-corrected chi connectivity index (χ2v) is 5.40. The van der Waals surface area contributed by atoms with Gasteiger partial charge < -0.3 is 4.90 Å². The fourth-order valence-corrected chi connectivity index (χ4v) is 3.29. The molecule has 1 aliphatic carbocycles. The smallest absolute Gasteiger partial charge is 0.113 e. The van der Waals surface area contributed by atoms with E-state index in [0.29, 0.717) is 12.0 Å². The summed E-state index contributed by atoms with van der Waals surface area (Å²) in [5.41, 5.74) is 5.41. The zero-order valence-corrected chi connectivity index (χ0v) is 10.3. The average Bonchev–Trinajstić information content (AvgIpc) is 2.94. The standard InChI is InChI=1S/C15H16N2/c1-9-3-6-14-13(10(9)2)8-17-12-5-4-11(7-12)15(17)16-14/h3-6,11-12H,7-8H2,1-2H3. The van der Waals surface area contributed by atoms with Gasteiger partial charge in [-0.2, -0.15) is 0 Å². The third-order valence-electron chi connectivity index (χ3n) is 4.50. The van der Waals surface area contributed by atoms with Crippen molar-refractivity contribution < 1.29 is 0 Å². The van der Waals surface area contributed by atoms with Crippen LogP contribution in [0.15, 0.2) is 29.3 Å². The van der Waals surface area contributed by atoms with E-state index in [1.54, 1.807) is 0 Å². The first-order valence-corrected chi connectivity index (χ1v) is 6.36. The molecule has 1 aromatic carbocycles. The molecule has 0 N–H and O–H groups in total. The lowest BCUT2D eigenvalue weighted by Crippen LogP contribution is -2.36. The van der Waals surface area contributed by atoms with E-state index in [1.165, 1.54) is 34.6 Å². The lowest BCUT2D eigenvalue weighted by molar-refractivity contribution is 0.377. The molecule has 2 heteroatoms. The Morgan fingerprint density at radius 2 is 2.12 bits per heavy atom. The zero-order valence-electron chi connectivity index (χ0n) is 10.3. The van der Waals surface area contributed by atoms with E-state index < -0.39 is 0 Å². The highest BCUT2D eigenvalue weighted by molar-refractivity contribution is 5.94. The molecule has 0 spiro atoms. The summed E-state index contributed by atoms with van der Waals surface area (Å²) in [6.45, 7) is 5.46. The van der Waals surface area contributed by atoms with Crippen LogP contribution < -0.4 is 0 Å². The first kappa shape index (κ1) is 9.46. The maximum absolute atomic E-state index is 4.88. The van der Waals surface area contributed by atoms with E-state index in [0.717, 1.165) is 6.54 Å². The highest BCUT2D eigenvalue weighted by atomic mass is 15.3. The fraction of sp³-hybridized carbons (Fsp3) is 0.400. The maximum Gasteiger partial charge on any atom is 0.113 e. The predicted octanol–water partition coefficient (Wildman–Crippen LogP) is 3.11. The molecule has 1 saturated heterocycles. The molecular formula is C15H16N2. The molecule has 2 nitrogen and oxygen atoms in total. The van der Waals surface area contributed by atoms with Gasteiger partial charge in [-0.1, -0.05) is 18.2 Å². The van der Waals surface area contributed by atoms with Crippen molar-refractivity contribution in [1.29, 1.82) is 0 Å². The summed E-state index contributed by atoms with van der Waals surface area (Å²) in [4.78, 5) is 7.37. The Morgan fingerprint density at radius 3 is 3.00 bits per heavy atom. The normalized spacial score (nSPS) is 28.1. The minimum atomic E-state index is 0.578. The number of benzene rings is 1. The van der Waals surface area contributed by atoms with Gasteiger partial charge >= 0.3 is 0 Å². The summed E-state index contributed by atoms with van der Waals surface area (Å²) >= 11 is 0. The van der Waals surface area contributed by atoms with Crippen LogP contribution in [-0.2, 0) is 6.54 Å². The Balaban J connectivity index is 1.89. The van der Waals surface area contributed by atoms with E-state index in [9.17, 15) is 0 Å². The predicted molar refractivity (Wildman–Crippen MR) is 69.6 cm³/mol. The highest BCUT2D eigenvalue weighted by Gasteiger charge is 2.41. The Kier molecular flexibility index (Phi) is 1.67. The summed E-state index contributed by atoms with van der Waals surface area (Å²) in [5.74, 6) is 1.88. The van der Waals surface area contributed by atoms with Crippen molar-refractivity contribution in [1.82, 2.24) is 4.90 Å². The van der Waals surface area contributed by atoms with Crippen molar-refractivity contribution in [3.63, 3.8) is 0 Å². The average molecular weight is 224 g/mol. The van der Waals surface area contributed by atoms with E-state index in [2.05, 4.69) is 43.0 Å².